The molecule has 3 N–H and O–H groups in total. The van der Waals surface area contributed by atoms with Gasteiger partial charge in [0, 0.05) is 12.1 Å². The molecule has 1 aliphatic rings. The van der Waals surface area contributed by atoms with Gasteiger partial charge in [-0.15, -0.1) is 0 Å². The van der Waals surface area contributed by atoms with Crippen LogP contribution in [0.1, 0.15) is 48.7 Å². The molecule has 2 aromatic carbocycles. The maximum atomic E-state index is 14.9. The molecule has 4 rings (SSSR count). The second kappa shape index (κ2) is 6.98. The summed E-state index contributed by atoms with van der Waals surface area (Å²) in [6, 6.07) is 7.98. The number of hydrogen-bond donors (Lipinski definition) is 2. The van der Waals surface area contributed by atoms with Gasteiger partial charge in [-0.05, 0) is 63.1 Å². The van der Waals surface area contributed by atoms with E-state index >= 15 is 0 Å². The van der Waals surface area contributed by atoms with Crippen LogP contribution >= 0.6 is 0 Å². The molecule has 2 heterocycles. The number of H-pyrrole nitrogens is 1. The smallest absolute Gasteiger partial charge is 0.251 e. The molecule has 0 spiro atoms. The van der Waals surface area contributed by atoms with Crippen LogP contribution in [0.2, 0.25) is 0 Å². The Morgan fingerprint density at radius 1 is 1.29 bits per heavy atom. The molecule has 7 heteroatoms. The Morgan fingerprint density at radius 2 is 2.07 bits per heavy atom. The quantitative estimate of drug-likeness (QED) is 0.709. The van der Waals surface area contributed by atoms with Crippen LogP contribution in [0.5, 0.6) is 0 Å². The van der Waals surface area contributed by atoms with E-state index < -0.39 is 17.5 Å². The van der Waals surface area contributed by atoms with Gasteiger partial charge in [-0.3, -0.25) is 9.69 Å². The zero-order valence-corrected chi connectivity index (χ0v) is 15.8. The SMILES string of the molecule is CC(C)N1CCCC1c1ccc(-c2nc3c(C(N)=O)cc(F)cc3[nH]2)c(F)c1. The van der Waals surface area contributed by atoms with Crippen molar-refractivity contribution in [1.82, 2.24) is 14.9 Å². The number of primary amides is 1. The number of nitrogens with two attached hydrogens (primary N) is 1. The van der Waals surface area contributed by atoms with Crippen molar-refractivity contribution in [1.29, 1.82) is 0 Å². The van der Waals surface area contributed by atoms with Crippen LogP contribution in [0.3, 0.4) is 0 Å². The number of nitrogens with zero attached hydrogens (tertiary/aromatic N) is 2. The average molecular weight is 384 g/mol. The summed E-state index contributed by atoms with van der Waals surface area (Å²) in [5.41, 5.74) is 7.02. The van der Waals surface area contributed by atoms with Gasteiger partial charge in [0.25, 0.3) is 5.91 Å². The molecule has 1 aliphatic heterocycles. The molecular weight excluding hydrogens is 362 g/mol. The van der Waals surface area contributed by atoms with Crippen molar-refractivity contribution in [3.8, 4) is 11.4 Å². The van der Waals surface area contributed by atoms with E-state index in [1.165, 1.54) is 6.07 Å². The minimum atomic E-state index is -0.784. The van der Waals surface area contributed by atoms with Gasteiger partial charge in [0.2, 0.25) is 0 Å². The summed E-state index contributed by atoms with van der Waals surface area (Å²) < 4.78 is 28.7. The van der Waals surface area contributed by atoms with Crippen molar-refractivity contribution < 1.29 is 13.6 Å². The molecule has 0 bridgehead atoms. The van der Waals surface area contributed by atoms with E-state index in [2.05, 4.69) is 28.7 Å². The van der Waals surface area contributed by atoms with E-state index in [4.69, 9.17) is 5.73 Å². The molecule has 146 valence electrons. The minimum absolute atomic E-state index is 0.0342. The Balaban J connectivity index is 1.74. The number of aromatic nitrogens is 2. The van der Waals surface area contributed by atoms with Crippen LogP contribution in [0.15, 0.2) is 30.3 Å². The number of hydrogen-bond acceptors (Lipinski definition) is 3. The van der Waals surface area contributed by atoms with E-state index in [-0.39, 0.29) is 28.5 Å². The van der Waals surface area contributed by atoms with Gasteiger partial charge >= 0.3 is 0 Å². The predicted molar refractivity (Wildman–Crippen MR) is 104 cm³/mol. The van der Waals surface area contributed by atoms with Crippen molar-refractivity contribution in [3.63, 3.8) is 0 Å². The van der Waals surface area contributed by atoms with Crippen molar-refractivity contribution in [2.75, 3.05) is 6.54 Å². The highest BCUT2D eigenvalue weighted by Gasteiger charge is 2.28. The average Bonchev–Trinajstić information content (AvgIpc) is 3.27. The van der Waals surface area contributed by atoms with Crippen molar-refractivity contribution >= 4 is 16.9 Å². The maximum absolute atomic E-state index is 14.9. The molecule has 28 heavy (non-hydrogen) atoms. The van der Waals surface area contributed by atoms with Crippen LogP contribution in [0.25, 0.3) is 22.4 Å². The normalized spacial score (nSPS) is 17.7. The van der Waals surface area contributed by atoms with Gasteiger partial charge in [0.15, 0.2) is 0 Å². The second-order valence-corrected chi connectivity index (χ2v) is 7.53. The fourth-order valence-electron chi connectivity index (χ4n) is 4.09. The summed E-state index contributed by atoms with van der Waals surface area (Å²) in [6.45, 7) is 5.30. The lowest BCUT2D eigenvalue weighted by Gasteiger charge is -2.28. The molecule has 1 aromatic heterocycles. The summed E-state index contributed by atoms with van der Waals surface area (Å²) >= 11 is 0. The standard InChI is InChI=1S/C21H22F2N4O/c1-11(2)27-7-3-4-18(27)12-5-6-14(16(23)8-12)21-25-17-10-13(22)9-15(20(24)28)19(17)26-21/h5-6,8-11,18H,3-4,7H2,1-2H3,(H2,24,28)(H,25,26). The number of halogens is 2. The molecule has 1 saturated heterocycles. The van der Waals surface area contributed by atoms with Crippen LogP contribution in [0, 0.1) is 11.6 Å². The van der Waals surface area contributed by atoms with E-state index in [9.17, 15) is 13.6 Å². The molecular formula is C21H22F2N4O. The first-order chi connectivity index (χ1) is 13.3. The Bertz CT molecular complexity index is 1060. The third kappa shape index (κ3) is 3.16. The number of nitrogens with one attached hydrogen (secondary N) is 1. The monoisotopic (exact) mass is 384 g/mol. The summed E-state index contributed by atoms with van der Waals surface area (Å²) in [4.78, 5) is 21.2. The molecule has 3 aromatic rings. The van der Waals surface area contributed by atoms with E-state index in [1.807, 2.05) is 6.07 Å². The van der Waals surface area contributed by atoms with E-state index in [0.717, 1.165) is 31.0 Å². The number of imidazole rings is 1. The molecule has 1 amide bonds. The number of amides is 1. The molecule has 1 fully saturated rings. The van der Waals surface area contributed by atoms with Crippen molar-refractivity contribution in [2.24, 2.45) is 5.73 Å². The van der Waals surface area contributed by atoms with Gasteiger partial charge < -0.3 is 10.7 Å². The molecule has 0 aliphatic carbocycles. The molecule has 0 saturated carbocycles. The number of carbonyl (C=O) groups excluding carboxylic acids is 1. The number of fused-ring (bicyclic) bond motifs is 1. The molecule has 5 nitrogen and oxygen atoms in total. The first-order valence-corrected chi connectivity index (χ1v) is 9.39. The first kappa shape index (κ1) is 18.6. The van der Waals surface area contributed by atoms with Gasteiger partial charge in [-0.25, -0.2) is 13.8 Å². The van der Waals surface area contributed by atoms with E-state index in [1.54, 1.807) is 12.1 Å². The Morgan fingerprint density at radius 3 is 2.75 bits per heavy atom. The highest BCUT2D eigenvalue weighted by Crippen LogP contribution is 2.35. The summed E-state index contributed by atoms with van der Waals surface area (Å²) in [6.07, 6.45) is 2.10. The second-order valence-electron chi connectivity index (χ2n) is 7.53. The maximum Gasteiger partial charge on any atom is 0.251 e. The van der Waals surface area contributed by atoms with Gasteiger partial charge in [-0.1, -0.05) is 6.07 Å². The Labute approximate surface area is 161 Å². The van der Waals surface area contributed by atoms with Crippen LogP contribution in [-0.2, 0) is 0 Å². The highest BCUT2D eigenvalue weighted by atomic mass is 19.1. The number of rotatable bonds is 4. The van der Waals surface area contributed by atoms with Crippen LogP contribution < -0.4 is 5.73 Å². The Kier molecular flexibility index (Phi) is 4.63. The van der Waals surface area contributed by atoms with Gasteiger partial charge in [0.1, 0.15) is 23.0 Å². The third-order valence-corrected chi connectivity index (χ3v) is 5.41. The predicted octanol–water partition coefficient (Wildman–Crippen LogP) is 4.15. The zero-order valence-electron chi connectivity index (χ0n) is 15.8. The van der Waals surface area contributed by atoms with Crippen molar-refractivity contribution in [2.45, 2.75) is 38.8 Å². The van der Waals surface area contributed by atoms with Gasteiger partial charge in [0.05, 0.1) is 16.6 Å². The fourth-order valence-corrected chi connectivity index (χ4v) is 4.09. The molecule has 1 unspecified atom stereocenters. The first-order valence-electron chi connectivity index (χ1n) is 9.39. The zero-order chi connectivity index (χ0) is 20.0. The van der Waals surface area contributed by atoms with Crippen LogP contribution in [-0.4, -0.2) is 33.4 Å². The minimum Gasteiger partial charge on any atom is -0.366 e. The summed E-state index contributed by atoms with van der Waals surface area (Å²) in [5, 5.41) is 0. The topological polar surface area (TPSA) is 75.0 Å². The molecule has 1 atom stereocenters. The number of carbonyl (C=O) groups is 1. The third-order valence-electron chi connectivity index (χ3n) is 5.41. The number of likely N-dealkylation sites (tertiary alicyclic amines) is 1. The van der Waals surface area contributed by atoms with Crippen molar-refractivity contribution in [3.05, 3.63) is 53.1 Å². The Hall–Kier alpha value is -2.80. The lowest BCUT2D eigenvalue weighted by atomic mass is 10.0. The van der Waals surface area contributed by atoms with E-state index in [0.29, 0.717) is 11.6 Å². The number of aromatic amines is 1. The van der Waals surface area contributed by atoms with Crippen LogP contribution in [0.4, 0.5) is 8.78 Å². The summed E-state index contributed by atoms with van der Waals surface area (Å²) in [7, 11) is 0. The fraction of sp³-hybridized carbons (Fsp3) is 0.333. The molecule has 0 radical (unpaired) electrons. The largest absolute Gasteiger partial charge is 0.366 e. The van der Waals surface area contributed by atoms with Gasteiger partial charge in [-0.2, -0.15) is 0 Å². The summed E-state index contributed by atoms with van der Waals surface area (Å²) in [5.74, 6) is -1.57. The number of benzene rings is 2. The lowest BCUT2D eigenvalue weighted by molar-refractivity contribution is 0.100. The lowest BCUT2D eigenvalue weighted by Crippen LogP contribution is -2.30. The highest BCUT2D eigenvalue weighted by molar-refractivity contribution is 6.04.